The first-order valence-electron chi connectivity index (χ1n) is 7.64. The Morgan fingerprint density at radius 3 is 2.52 bits per heavy atom. The number of ether oxygens (including phenoxy) is 1. The van der Waals surface area contributed by atoms with E-state index < -0.39 is 16.5 Å². The second kappa shape index (κ2) is 6.79. The van der Waals surface area contributed by atoms with E-state index >= 15 is 0 Å². The molecule has 3 N–H and O–H groups in total. The summed E-state index contributed by atoms with van der Waals surface area (Å²) >= 11 is 0. The molecule has 0 bridgehead atoms. The number of nitrogens with zero attached hydrogens (tertiary/aromatic N) is 2. The number of carbonyl (C=O) groups is 1. The van der Waals surface area contributed by atoms with Gasteiger partial charge in [0.2, 0.25) is 0 Å². The molecule has 1 fully saturated rings. The summed E-state index contributed by atoms with van der Waals surface area (Å²) in [5, 5.41) is 2.47. The summed E-state index contributed by atoms with van der Waals surface area (Å²) < 4.78 is 36.8. The third kappa shape index (κ3) is 4.03. The van der Waals surface area contributed by atoms with Gasteiger partial charge >= 0.3 is 16.5 Å². The number of fused-ring (bicyclic) bond motifs is 3. The standard InChI is InChI=1S/C15H21N3O2.H2O4S/c1-15-7-8-17(3)13(15)18(4)12-6-5-10(9-11(12)15)20-14(19)16-2;1-5(2,3)4/h5-6,9,13H,7-8H2,1-4H3,(H,16,19);(H2,1,2,3,4)/t13?,15-;/m0./s1. The predicted octanol–water partition coefficient (Wildman–Crippen LogP) is 1.12. The summed E-state index contributed by atoms with van der Waals surface area (Å²) in [6, 6.07) is 5.92. The van der Waals surface area contributed by atoms with E-state index in [-0.39, 0.29) is 5.41 Å². The number of nitrogens with one attached hydrogen (secondary N) is 1. The summed E-state index contributed by atoms with van der Waals surface area (Å²) in [7, 11) is 1.20. The molecule has 9 nitrogen and oxygen atoms in total. The summed E-state index contributed by atoms with van der Waals surface area (Å²) in [4.78, 5) is 16.1. The molecule has 1 saturated heterocycles. The van der Waals surface area contributed by atoms with Crippen molar-refractivity contribution in [2.75, 3.05) is 32.6 Å². The molecular formula is C15H23N3O6S. The zero-order chi connectivity index (χ0) is 19.0. The van der Waals surface area contributed by atoms with Crippen LogP contribution in [-0.2, 0) is 15.8 Å². The lowest BCUT2D eigenvalue weighted by molar-refractivity contribution is 0.203. The summed E-state index contributed by atoms with van der Waals surface area (Å²) in [5.41, 5.74) is 2.60. The van der Waals surface area contributed by atoms with Crippen LogP contribution in [0.5, 0.6) is 5.75 Å². The van der Waals surface area contributed by atoms with Crippen LogP contribution in [0, 0.1) is 0 Å². The van der Waals surface area contributed by atoms with E-state index in [1.165, 1.54) is 11.3 Å². The molecule has 0 aliphatic carbocycles. The van der Waals surface area contributed by atoms with Gasteiger partial charge in [0, 0.05) is 31.7 Å². The Balaban J connectivity index is 0.000000399. The van der Waals surface area contributed by atoms with Crippen molar-refractivity contribution in [2.45, 2.75) is 24.9 Å². The van der Waals surface area contributed by atoms with Crippen LogP contribution in [0.3, 0.4) is 0 Å². The minimum Gasteiger partial charge on any atom is -0.410 e. The van der Waals surface area contributed by atoms with Gasteiger partial charge in [-0.2, -0.15) is 8.42 Å². The van der Waals surface area contributed by atoms with Crippen molar-refractivity contribution >= 4 is 22.2 Å². The minimum atomic E-state index is -4.67. The molecule has 0 radical (unpaired) electrons. The van der Waals surface area contributed by atoms with Crippen LogP contribution < -0.4 is 15.0 Å². The van der Waals surface area contributed by atoms with Gasteiger partial charge in [-0.15, -0.1) is 0 Å². The first-order valence-corrected chi connectivity index (χ1v) is 9.04. The van der Waals surface area contributed by atoms with E-state index in [0.717, 1.165) is 13.0 Å². The van der Waals surface area contributed by atoms with Crippen molar-refractivity contribution in [2.24, 2.45) is 0 Å². The van der Waals surface area contributed by atoms with Crippen LogP contribution in [0.25, 0.3) is 0 Å². The molecular weight excluding hydrogens is 350 g/mol. The van der Waals surface area contributed by atoms with Crippen LogP contribution in [0.4, 0.5) is 10.5 Å². The second-order valence-corrected chi connectivity index (χ2v) is 7.29. The van der Waals surface area contributed by atoms with E-state index in [4.69, 9.17) is 22.3 Å². The highest BCUT2D eigenvalue weighted by atomic mass is 32.3. The van der Waals surface area contributed by atoms with Crippen LogP contribution >= 0.6 is 0 Å². The zero-order valence-electron chi connectivity index (χ0n) is 14.6. The molecule has 2 heterocycles. The number of carbonyl (C=O) groups excluding carboxylic acids is 1. The molecule has 1 amide bonds. The molecule has 3 rings (SSSR count). The molecule has 2 atom stereocenters. The molecule has 0 aromatic heterocycles. The van der Waals surface area contributed by atoms with Crippen molar-refractivity contribution in [3.63, 3.8) is 0 Å². The third-order valence-electron chi connectivity index (χ3n) is 4.72. The number of rotatable bonds is 1. The van der Waals surface area contributed by atoms with Gasteiger partial charge < -0.3 is 15.0 Å². The summed E-state index contributed by atoms with van der Waals surface area (Å²) in [6.07, 6.45) is 1.07. The molecule has 1 aromatic rings. The van der Waals surface area contributed by atoms with Crippen molar-refractivity contribution in [1.29, 1.82) is 0 Å². The van der Waals surface area contributed by atoms with Gasteiger partial charge in [0.25, 0.3) is 0 Å². The van der Waals surface area contributed by atoms with Gasteiger partial charge in [-0.1, -0.05) is 6.92 Å². The first kappa shape index (κ1) is 19.4. The highest BCUT2D eigenvalue weighted by molar-refractivity contribution is 7.79. The maximum atomic E-state index is 11.4. The van der Waals surface area contributed by atoms with Crippen molar-refractivity contribution in [3.05, 3.63) is 23.8 Å². The number of likely N-dealkylation sites (tertiary alicyclic amines) is 1. The Bertz CT molecular complexity index is 761. The number of hydrogen-bond donors (Lipinski definition) is 3. The van der Waals surface area contributed by atoms with E-state index in [1.807, 2.05) is 18.2 Å². The Hall–Kier alpha value is -1.88. The molecule has 2 aliphatic rings. The molecule has 2 aliphatic heterocycles. The Labute approximate surface area is 147 Å². The molecule has 1 aromatic carbocycles. The Morgan fingerprint density at radius 1 is 1.36 bits per heavy atom. The van der Waals surface area contributed by atoms with Gasteiger partial charge in [0.1, 0.15) is 5.75 Å². The van der Waals surface area contributed by atoms with Crippen LogP contribution in [0.1, 0.15) is 18.9 Å². The van der Waals surface area contributed by atoms with Gasteiger partial charge in [-0.3, -0.25) is 14.0 Å². The molecule has 140 valence electrons. The SMILES string of the molecule is CNC(=O)Oc1ccc2c(c1)[C@]1(C)CCN(C)C1N2C.O=S(=O)(O)O. The van der Waals surface area contributed by atoms with Gasteiger partial charge in [-0.05, 0) is 37.2 Å². The fourth-order valence-corrected chi connectivity index (χ4v) is 3.78. The smallest absolute Gasteiger partial charge is 0.410 e. The molecule has 0 saturated carbocycles. The fourth-order valence-electron chi connectivity index (χ4n) is 3.78. The normalized spacial score (nSPS) is 24.9. The number of hydrogen-bond acceptors (Lipinski definition) is 6. The number of likely N-dealkylation sites (N-methyl/N-ethyl adjacent to an activating group) is 2. The van der Waals surface area contributed by atoms with Crippen LogP contribution in [0.15, 0.2) is 18.2 Å². The zero-order valence-corrected chi connectivity index (χ0v) is 15.4. The second-order valence-electron chi connectivity index (χ2n) is 6.40. The third-order valence-corrected chi connectivity index (χ3v) is 4.72. The maximum absolute atomic E-state index is 11.4. The van der Waals surface area contributed by atoms with Crippen molar-refractivity contribution < 1.29 is 27.1 Å². The van der Waals surface area contributed by atoms with Crippen LogP contribution in [0.2, 0.25) is 0 Å². The monoisotopic (exact) mass is 373 g/mol. The minimum absolute atomic E-state index is 0.0981. The quantitative estimate of drug-likeness (QED) is 0.627. The maximum Gasteiger partial charge on any atom is 0.412 e. The average molecular weight is 373 g/mol. The molecule has 10 heteroatoms. The highest BCUT2D eigenvalue weighted by Gasteiger charge is 2.52. The van der Waals surface area contributed by atoms with E-state index in [2.05, 4.69) is 36.1 Å². The predicted molar refractivity (Wildman–Crippen MR) is 92.5 cm³/mol. The van der Waals surface area contributed by atoms with Gasteiger partial charge in [0.15, 0.2) is 0 Å². The van der Waals surface area contributed by atoms with Crippen molar-refractivity contribution in [1.82, 2.24) is 10.2 Å². The van der Waals surface area contributed by atoms with E-state index in [9.17, 15) is 4.79 Å². The number of benzene rings is 1. The topological polar surface area (TPSA) is 119 Å². The van der Waals surface area contributed by atoms with E-state index in [0.29, 0.717) is 11.9 Å². The Morgan fingerprint density at radius 2 is 1.96 bits per heavy atom. The highest BCUT2D eigenvalue weighted by Crippen LogP contribution is 2.51. The van der Waals surface area contributed by atoms with Crippen molar-refractivity contribution in [3.8, 4) is 5.75 Å². The van der Waals surface area contributed by atoms with Crippen LogP contribution in [-0.4, -0.2) is 62.4 Å². The summed E-state index contributed by atoms with van der Waals surface area (Å²) in [5.74, 6) is 0.605. The summed E-state index contributed by atoms with van der Waals surface area (Å²) in [6.45, 7) is 3.39. The fraction of sp³-hybridized carbons (Fsp3) is 0.533. The molecule has 1 unspecified atom stereocenters. The van der Waals surface area contributed by atoms with Gasteiger partial charge in [0.05, 0.1) is 6.17 Å². The van der Waals surface area contributed by atoms with Gasteiger partial charge in [-0.25, -0.2) is 4.79 Å². The first-order chi connectivity index (χ1) is 11.5. The lowest BCUT2D eigenvalue weighted by atomic mass is 9.81. The lowest BCUT2D eigenvalue weighted by Crippen LogP contribution is -2.45. The van der Waals surface area contributed by atoms with E-state index in [1.54, 1.807) is 7.05 Å². The average Bonchev–Trinajstić information content (AvgIpc) is 2.91. The number of anilines is 1. The lowest BCUT2D eigenvalue weighted by Gasteiger charge is -2.32. The Kier molecular flexibility index (Phi) is 5.28. The number of amides is 1. The molecule has 0 spiro atoms. The largest absolute Gasteiger partial charge is 0.412 e. The molecule has 25 heavy (non-hydrogen) atoms.